The van der Waals surface area contributed by atoms with Crippen LogP contribution in [-0.4, -0.2) is 25.8 Å². The van der Waals surface area contributed by atoms with Crippen molar-refractivity contribution in [2.24, 2.45) is 7.05 Å². The number of para-hydroxylation sites is 1. The molecule has 4 rings (SSSR count). The number of hydrogen-bond acceptors (Lipinski definition) is 4. The predicted octanol–water partition coefficient (Wildman–Crippen LogP) is 5.02. The molecule has 6 heteroatoms. The summed E-state index contributed by atoms with van der Waals surface area (Å²) < 4.78 is 2.79. The highest BCUT2D eigenvalue weighted by atomic mass is 32.1. The largest absolute Gasteiger partial charge is 0.481 e. The zero-order valence-corrected chi connectivity index (χ0v) is 16.4. The summed E-state index contributed by atoms with van der Waals surface area (Å²) in [6, 6.07) is 16.0. The first-order chi connectivity index (χ1) is 13.5. The second-order valence-electron chi connectivity index (χ2n) is 6.70. The number of hydrogen-bond donors (Lipinski definition) is 1. The Labute approximate surface area is 166 Å². The Hall–Kier alpha value is -3.25. The van der Waals surface area contributed by atoms with Crippen LogP contribution in [0.4, 0.5) is 0 Å². The van der Waals surface area contributed by atoms with E-state index < -0.39 is 5.97 Å². The van der Waals surface area contributed by atoms with Gasteiger partial charge in [-0.15, -0.1) is 11.3 Å². The molecule has 0 bridgehead atoms. The van der Waals surface area contributed by atoms with Crippen molar-refractivity contribution in [2.75, 3.05) is 0 Å². The zero-order valence-electron chi connectivity index (χ0n) is 15.6. The molecule has 0 aliphatic heterocycles. The van der Waals surface area contributed by atoms with E-state index in [9.17, 15) is 9.90 Å². The number of fused-ring (bicyclic) bond motifs is 1. The molecule has 0 unspecified atom stereocenters. The van der Waals surface area contributed by atoms with Crippen molar-refractivity contribution < 1.29 is 9.90 Å². The van der Waals surface area contributed by atoms with Gasteiger partial charge in [0, 0.05) is 24.4 Å². The molecule has 0 saturated heterocycles. The minimum atomic E-state index is -0.883. The van der Waals surface area contributed by atoms with E-state index in [1.165, 1.54) is 11.3 Å². The van der Waals surface area contributed by atoms with Crippen LogP contribution in [0.15, 0.2) is 54.7 Å². The van der Waals surface area contributed by atoms with Crippen LogP contribution < -0.4 is 0 Å². The highest BCUT2D eigenvalue weighted by Gasteiger charge is 2.15. The number of aromatic nitrogens is 3. The normalized spacial score (nSPS) is 11.9. The number of benzene rings is 2. The maximum atomic E-state index is 11.5. The van der Waals surface area contributed by atoms with Crippen LogP contribution in [0.25, 0.3) is 33.1 Å². The average molecular weight is 389 g/mol. The van der Waals surface area contributed by atoms with E-state index in [2.05, 4.69) is 16.1 Å². The summed E-state index contributed by atoms with van der Waals surface area (Å²) in [6.07, 6.45) is 3.71. The van der Waals surface area contributed by atoms with E-state index in [1.807, 2.05) is 68.7 Å². The van der Waals surface area contributed by atoms with E-state index >= 15 is 0 Å². The Morgan fingerprint density at radius 3 is 2.79 bits per heavy atom. The lowest BCUT2D eigenvalue weighted by molar-refractivity contribution is -0.135. The van der Waals surface area contributed by atoms with Gasteiger partial charge in [0.1, 0.15) is 5.01 Å². The number of aryl methyl sites for hydroxylation is 2. The maximum Gasteiger partial charge on any atom is 0.307 e. The van der Waals surface area contributed by atoms with Gasteiger partial charge in [-0.2, -0.15) is 5.10 Å². The van der Waals surface area contributed by atoms with Crippen molar-refractivity contribution in [2.45, 2.75) is 13.3 Å². The monoisotopic (exact) mass is 389 g/mol. The Kier molecular flexibility index (Phi) is 4.79. The third kappa shape index (κ3) is 3.73. The highest BCUT2D eigenvalue weighted by Crippen LogP contribution is 2.32. The van der Waals surface area contributed by atoms with E-state index in [-0.39, 0.29) is 6.42 Å². The number of aliphatic carboxylic acids is 1. The molecule has 0 atom stereocenters. The summed E-state index contributed by atoms with van der Waals surface area (Å²) in [4.78, 5) is 16.2. The van der Waals surface area contributed by atoms with Gasteiger partial charge in [0.15, 0.2) is 0 Å². The fourth-order valence-electron chi connectivity index (χ4n) is 3.18. The smallest absolute Gasteiger partial charge is 0.307 e. The van der Waals surface area contributed by atoms with Crippen molar-refractivity contribution in [1.29, 1.82) is 0 Å². The molecule has 0 aliphatic rings. The molecule has 0 radical (unpaired) electrons. The van der Waals surface area contributed by atoms with Crippen molar-refractivity contribution in [3.63, 3.8) is 0 Å². The van der Waals surface area contributed by atoms with Crippen molar-refractivity contribution >= 4 is 39.2 Å². The molecular formula is C22H19N3O2S. The molecule has 2 aromatic heterocycles. The zero-order chi connectivity index (χ0) is 19.7. The molecule has 4 aromatic rings. The molecule has 5 nitrogen and oxygen atoms in total. The lowest BCUT2D eigenvalue weighted by atomic mass is 10.0. The van der Waals surface area contributed by atoms with Gasteiger partial charge >= 0.3 is 5.97 Å². The first-order valence-electron chi connectivity index (χ1n) is 8.88. The van der Waals surface area contributed by atoms with Gasteiger partial charge in [0.25, 0.3) is 0 Å². The van der Waals surface area contributed by atoms with E-state index in [4.69, 9.17) is 0 Å². The summed E-state index contributed by atoms with van der Waals surface area (Å²) in [5.41, 5.74) is 5.42. The van der Waals surface area contributed by atoms with Gasteiger partial charge in [0.2, 0.25) is 0 Å². The molecule has 2 heterocycles. The lowest BCUT2D eigenvalue weighted by Crippen LogP contribution is -1.97. The summed E-state index contributed by atoms with van der Waals surface area (Å²) in [5, 5.41) is 14.8. The first kappa shape index (κ1) is 18.1. The number of carboxylic acid groups (broad SMARTS) is 1. The van der Waals surface area contributed by atoms with Gasteiger partial charge < -0.3 is 5.11 Å². The second kappa shape index (κ2) is 7.40. The third-order valence-electron chi connectivity index (χ3n) is 4.39. The summed E-state index contributed by atoms with van der Waals surface area (Å²) in [5.74, 6) is -0.883. The lowest BCUT2D eigenvalue weighted by Gasteiger charge is -2.03. The quantitative estimate of drug-likeness (QED) is 0.520. The number of carboxylic acids is 1. The van der Waals surface area contributed by atoms with Crippen LogP contribution >= 0.6 is 11.3 Å². The topological polar surface area (TPSA) is 68.0 Å². The summed E-state index contributed by atoms with van der Waals surface area (Å²) in [6.45, 7) is 2.04. The molecule has 0 saturated carbocycles. The predicted molar refractivity (Wildman–Crippen MR) is 113 cm³/mol. The van der Waals surface area contributed by atoms with Crippen LogP contribution in [0, 0.1) is 6.92 Å². The third-order valence-corrected chi connectivity index (χ3v) is 5.50. The van der Waals surface area contributed by atoms with Crippen molar-refractivity contribution in [3.8, 4) is 11.3 Å². The van der Waals surface area contributed by atoms with Gasteiger partial charge in [-0.1, -0.05) is 35.9 Å². The Morgan fingerprint density at radius 2 is 2.04 bits per heavy atom. The molecule has 0 spiro atoms. The fraction of sp³-hybridized carbons (Fsp3) is 0.136. The van der Waals surface area contributed by atoms with Gasteiger partial charge in [0.05, 0.1) is 22.3 Å². The van der Waals surface area contributed by atoms with Crippen LogP contribution in [0.3, 0.4) is 0 Å². The molecule has 28 heavy (non-hydrogen) atoms. The van der Waals surface area contributed by atoms with Crippen molar-refractivity contribution in [3.05, 3.63) is 70.9 Å². The molecular weight excluding hydrogens is 370 g/mol. The SMILES string of the molecule is Cc1cccc(-c2nn(C)cc2/C=C(\CC(=O)O)c2nc3ccccc3s2)c1. The Morgan fingerprint density at radius 1 is 1.21 bits per heavy atom. The number of thiazole rings is 1. The van der Waals surface area contributed by atoms with Gasteiger partial charge in [-0.05, 0) is 36.8 Å². The number of carbonyl (C=O) groups is 1. The molecule has 0 amide bonds. The average Bonchev–Trinajstić information content (AvgIpc) is 3.24. The molecule has 0 fully saturated rings. The standard InChI is InChI=1S/C22H19N3O2S/c1-14-6-5-7-15(10-14)21-17(13-25(2)24-21)11-16(12-20(26)27)22-23-18-8-3-4-9-19(18)28-22/h3-11,13H,12H2,1-2H3,(H,26,27)/b16-11+. The fourth-order valence-corrected chi connectivity index (χ4v) is 4.16. The van der Waals surface area contributed by atoms with Crippen LogP contribution in [0.5, 0.6) is 0 Å². The summed E-state index contributed by atoms with van der Waals surface area (Å²) in [7, 11) is 1.87. The first-order valence-corrected chi connectivity index (χ1v) is 9.70. The number of rotatable bonds is 5. The minimum Gasteiger partial charge on any atom is -0.481 e. The van der Waals surface area contributed by atoms with Gasteiger partial charge in [-0.25, -0.2) is 4.98 Å². The summed E-state index contributed by atoms with van der Waals surface area (Å²) >= 11 is 1.51. The van der Waals surface area contributed by atoms with Crippen LogP contribution in [0.1, 0.15) is 22.6 Å². The minimum absolute atomic E-state index is 0.0953. The van der Waals surface area contributed by atoms with Gasteiger partial charge in [-0.3, -0.25) is 9.48 Å². The Balaban J connectivity index is 1.84. The molecule has 140 valence electrons. The van der Waals surface area contributed by atoms with Crippen LogP contribution in [0.2, 0.25) is 0 Å². The van der Waals surface area contributed by atoms with Crippen molar-refractivity contribution in [1.82, 2.24) is 14.8 Å². The molecule has 0 aliphatic carbocycles. The Bertz CT molecular complexity index is 1170. The maximum absolute atomic E-state index is 11.5. The molecule has 1 N–H and O–H groups in total. The highest BCUT2D eigenvalue weighted by molar-refractivity contribution is 7.19. The van der Waals surface area contributed by atoms with E-state index in [0.717, 1.165) is 37.6 Å². The van der Waals surface area contributed by atoms with E-state index in [1.54, 1.807) is 4.68 Å². The van der Waals surface area contributed by atoms with E-state index in [0.29, 0.717) is 5.57 Å². The second-order valence-corrected chi connectivity index (χ2v) is 7.73. The van der Waals surface area contributed by atoms with Crippen LogP contribution in [-0.2, 0) is 11.8 Å². The number of nitrogens with zero attached hydrogens (tertiary/aromatic N) is 3. The molecule has 2 aromatic carbocycles.